The number of carbonyl (C=O) groups is 2. The van der Waals surface area contributed by atoms with Gasteiger partial charge in [-0.25, -0.2) is 0 Å². The molecule has 0 saturated heterocycles. The fourth-order valence-corrected chi connectivity index (χ4v) is 5.02. The Balaban J connectivity index is 1.59. The number of nitrogens with one attached hydrogen (secondary N) is 1. The number of thioether (sulfide) groups is 1. The summed E-state index contributed by atoms with van der Waals surface area (Å²) in [6, 6.07) is 17.4. The normalized spacial score (nSPS) is 15.2. The van der Waals surface area contributed by atoms with Crippen LogP contribution in [0, 0.1) is 0 Å². The fourth-order valence-electron chi connectivity index (χ4n) is 4.01. The van der Waals surface area contributed by atoms with Crippen LogP contribution in [-0.4, -0.2) is 34.6 Å². The van der Waals surface area contributed by atoms with Gasteiger partial charge in [-0.15, -0.1) is 0 Å². The van der Waals surface area contributed by atoms with Crippen LogP contribution in [0.3, 0.4) is 0 Å². The highest BCUT2D eigenvalue weighted by molar-refractivity contribution is 7.98. The number of rotatable bonds is 10. The van der Waals surface area contributed by atoms with E-state index in [2.05, 4.69) is 17.4 Å². The van der Waals surface area contributed by atoms with Crippen LogP contribution in [0.4, 0.5) is 0 Å². The minimum absolute atomic E-state index is 0.00630. The summed E-state index contributed by atoms with van der Waals surface area (Å²) in [6.45, 7) is 2.24. The third kappa shape index (κ3) is 7.86. The van der Waals surface area contributed by atoms with Gasteiger partial charge in [0.25, 0.3) is 0 Å². The highest BCUT2D eigenvalue weighted by atomic mass is 35.5. The van der Waals surface area contributed by atoms with Crippen molar-refractivity contribution in [2.75, 3.05) is 5.75 Å². The number of amides is 2. The van der Waals surface area contributed by atoms with Crippen molar-refractivity contribution in [1.29, 1.82) is 0 Å². The lowest BCUT2D eigenvalue weighted by atomic mass is 9.95. The van der Waals surface area contributed by atoms with Gasteiger partial charge in [0, 0.05) is 35.5 Å². The molecular weight excluding hydrogens is 440 g/mol. The highest BCUT2D eigenvalue weighted by Gasteiger charge is 2.27. The van der Waals surface area contributed by atoms with Crippen LogP contribution in [0.1, 0.15) is 56.6 Å². The van der Waals surface area contributed by atoms with Crippen molar-refractivity contribution >= 4 is 35.2 Å². The molecule has 0 aromatic heterocycles. The van der Waals surface area contributed by atoms with Gasteiger partial charge in [-0.1, -0.05) is 73.3 Å². The van der Waals surface area contributed by atoms with E-state index in [1.54, 1.807) is 16.7 Å². The lowest BCUT2D eigenvalue weighted by Crippen LogP contribution is -2.50. The number of carbonyl (C=O) groups excluding carboxylic acids is 2. The van der Waals surface area contributed by atoms with Gasteiger partial charge < -0.3 is 10.2 Å². The molecule has 1 atom stereocenters. The van der Waals surface area contributed by atoms with E-state index in [0.717, 1.165) is 42.8 Å². The van der Waals surface area contributed by atoms with Crippen molar-refractivity contribution < 1.29 is 9.59 Å². The summed E-state index contributed by atoms with van der Waals surface area (Å²) >= 11 is 7.76. The van der Waals surface area contributed by atoms with E-state index in [-0.39, 0.29) is 17.9 Å². The van der Waals surface area contributed by atoms with Crippen molar-refractivity contribution in [1.82, 2.24) is 10.2 Å². The summed E-state index contributed by atoms with van der Waals surface area (Å²) in [5.41, 5.74) is 2.22. The summed E-state index contributed by atoms with van der Waals surface area (Å²) in [6.07, 6.45) is 6.02. The Labute approximate surface area is 201 Å². The molecule has 1 aliphatic carbocycles. The smallest absolute Gasteiger partial charge is 0.242 e. The van der Waals surface area contributed by atoms with Gasteiger partial charge in [-0.2, -0.15) is 11.8 Å². The number of hydrogen-bond acceptors (Lipinski definition) is 3. The molecule has 1 aliphatic rings. The zero-order valence-electron chi connectivity index (χ0n) is 18.8. The van der Waals surface area contributed by atoms with Crippen molar-refractivity contribution in [3.8, 4) is 0 Å². The topological polar surface area (TPSA) is 49.4 Å². The largest absolute Gasteiger partial charge is 0.352 e. The van der Waals surface area contributed by atoms with Crippen molar-refractivity contribution in [2.45, 2.75) is 69.8 Å². The maximum atomic E-state index is 13.2. The van der Waals surface area contributed by atoms with Crippen LogP contribution >= 0.6 is 23.4 Å². The first-order valence-electron chi connectivity index (χ1n) is 11.5. The van der Waals surface area contributed by atoms with E-state index >= 15 is 0 Å². The van der Waals surface area contributed by atoms with E-state index in [9.17, 15) is 9.59 Å². The van der Waals surface area contributed by atoms with Crippen molar-refractivity contribution in [3.05, 3.63) is 70.7 Å². The number of benzene rings is 2. The Bertz CT molecular complexity index is 854. The van der Waals surface area contributed by atoms with Gasteiger partial charge in [0.1, 0.15) is 6.04 Å². The molecule has 2 aromatic carbocycles. The predicted octanol–water partition coefficient (Wildman–Crippen LogP) is 5.83. The Hall–Kier alpha value is -1.98. The third-order valence-electron chi connectivity index (χ3n) is 5.96. The van der Waals surface area contributed by atoms with Gasteiger partial charge in [-0.3, -0.25) is 9.59 Å². The van der Waals surface area contributed by atoms with Crippen LogP contribution in [0.15, 0.2) is 54.6 Å². The summed E-state index contributed by atoms with van der Waals surface area (Å²) in [5.74, 6) is 1.55. The van der Waals surface area contributed by atoms with Crippen LogP contribution in [-0.2, 0) is 21.9 Å². The summed E-state index contributed by atoms with van der Waals surface area (Å²) in [5, 5.41) is 3.84. The number of nitrogens with zero attached hydrogens (tertiary/aromatic N) is 1. The molecule has 1 saturated carbocycles. The second-order valence-corrected chi connectivity index (χ2v) is 10.00. The average Bonchev–Trinajstić information content (AvgIpc) is 2.82. The molecule has 0 spiro atoms. The van der Waals surface area contributed by atoms with E-state index in [0.29, 0.717) is 18.0 Å². The van der Waals surface area contributed by atoms with Gasteiger partial charge in [0.2, 0.25) is 11.8 Å². The summed E-state index contributed by atoms with van der Waals surface area (Å²) in [4.78, 5) is 27.9. The predicted molar refractivity (Wildman–Crippen MR) is 134 cm³/mol. The van der Waals surface area contributed by atoms with Crippen LogP contribution in [0.5, 0.6) is 0 Å². The van der Waals surface area contributed by atoms with Crippen molar-refractivity contribution in [3.63, 3.8) is 0 Å². The molecule has 4 nitrogen and oxygen atoms in total. The summed E-state index contributed by atoms with van der Waals surface area (Å²) in [7, 11) is 0. The lowest BCUT2D eigenvalue weighted by Gasteiger charge is -2.31. The van der Waals surface area contributed by atoms with Gasteiger partial charge in [0.05, 0.1) is 0 Å². The third-order valence-corrected chi connectivity index (χ3v) is 7.24. The maximum Gasteiger partial charge on any atom is 0.242 e. The molecule has 32 heavy (non-hydrogen) atoms. The molecular formula is C26H33ClN2O2S. The Kier molecular flexibility index (Phi) is 9.94. The van der Waals surface area contributed by atoms with Crippen molar-refractivity contribution in [2.24, 2.45) is 0 Å². The number of hydrogen-bond donors (Lipinski definition) is 1. The Morgan fingerprint density at radius 1 is 1.03 bits per heavy atom. The fraction of sp³-hybridized carbons (Fsp3) is 0.462. The molecule has 0 radical (unpaired) electrons. The highest BCUT2D eigenvalue weighted by Crippen LogP contribution is 2.20. The summed E-state index contributed by atoms with van der Waals surface area (Å²) < 4.78 is 0. The molecule has 0 heterocycles. The number of halogens is 1. The minimum Gasteiger partial charge on any atom is -0.352 e. The first-order valence-corrected chi connectivity index (χ1v) is 13.0. The minimum atomic E-state index is -0.515. The van der Waals surface area contributed by atoms with E-state index in [1.165, 1.54) is 12.0 Å². The van der Waals surface area contributed by atoms with Crippen LogP contribution in [0.2, 0.25) is 5.02 Å². The van der Waals surface area contributed by atoms with E-state index in [4.69, 9.17) is 11.6 Å². The Morgan fingerprint density at radius 3 is 2.41 bits per heavy atom. The van der Waals surface area contributed by atoms with E-state index < -0.39 is 6.04 Å². The second kappa shape index (κ2) is 12.9. The molecule has 0 bridgehead atoms. The molecule has 2 amide bonds. The lowest BCUT2D eigenvalue weighted by molar-refractivity contribution is -0.140. The molecule has 2 aromatic rings. The maximum absolute atomic E-state index is 13.2. The molecule has 1 N–H and O–H groups in total. The quantitative estimate of drug-likeness (QED) is 0.442. The van der Waals surface area contributed by atoms with Gasteiger partial charge in [0.15, 0.2) is 0 Å². The molecule has 3 rings (SSSR count). The molecule has 172 valence electrons. The van der Waals surface area contributed by atoms with Crippen LogP contribution in [0.25, 0.3) is 0 Å². The van der Waals surface area contributed by atoms with Gasteiger partial charge >= 0.3 is 0 Å². The van der Waals surface area contributed by atoms with Gasteiger partial charge in [-0.05, 0) is 43.0 Å². The molecule has 1 unspecified atom stereocenters. The second-order valence-electron chi connectivity index (χ2n) is 8.46. The first-order chi connectivity index (χ1) is 15.5. The average molecular weight is 473 g/mol. The standard InChI is InChI=1S/C26H33ClN2O2S/c1-20(26(31)28-24-10-6-3-7-11-24)29(18-21-12-14-23(27)15-13-21)25(30)16-17-32-19-22-8-4-2-5-9-22/h2,4-5,8-9,12-15,20,24H,3,6-7,10-11,16-19H2,1H3,(H,28,31). The molecule has 6 heteroatoms. The molecule has 1 fully saturated rings. The van der Waals surface area contributed by atoms with E-state index in [1.807, 2.05) is 49.4 Å². The Morgan fingerprint density at radius 2 is 1.72 bits per heavy atom. The monoisotopic (exact) mass is 472 g/mol. The SMILES string of the molecule is CC(C(=O)NC1CCCCC1)N(Cc1ccc(Cl)cc1)C(=O)CCSCc1ccccc1. The molecule has 0 aliphatic heterocycles. The van der Waals surface area contributed by atoms with Crippen LogP contribution < -0.4 is 5.32 Å². The zero-order valence-corrected chi connectivity index (χ0v) is 20.3. The first kappa shape index (κ1) is 24.7. The zero-order chi connectivity index (χ0) is 22.8.